The number of nitrogens with zero attached hydrogens (tertiary/aromatic N) is 3. The lowest BCUT2D eigenvalue weighted by Gasteiger charge is -2.47. The van der Waals surface area contributed by atoms with Gasteiger partial charge in [0.1, 0.15) is 17.9 Å². The van der Waals surface area contributed by atoms with Crippen LogP contribution >= 0.6 is 0 Å². The first-order valence-corrected chi connectivity index (χ1v) is 7.84. The summed E-state index contributed by atoms with van der Waals surface area (Å²) in [5, 5.41) is 29.6. The first-order valence-electron chi connectivity index (χ1n) is 7.84. The molecule has 2 aliphatic rings. The zero-order valence-corrected chi connectivity index (χ0v) is 13.9. The quantitative estimate of drug-likeness (QED) is 0.908. The summed E-state index contributed by atoms with van der Waals surface area (Å²) in [6, 6.07) is 7.95. The molecule has 0 radical (unpaired) electrons. The van der Waals surface area contributed by atoms with E-state index in [9.17, 15) is 15.6 Å². The predicted molar refractivity (Wildman–Crippen MR) is 86.0 cm³/mol. The molecule has 3 atom stereocenters. The van der Waals surface area contributed by atoms with Crippen LogP contribution in [0.3, 0.4) is 0 Å². The number of hydrogen-bond acceptors (Lipinski definition) is 5. The van der Waals surface area contributed by atoms with Gasteiger partial charge in [-0.05, 0) is 49.4 Å². The molecule has 0 spiro atoms. The Morgan fingerprint density at radius 2 is 1.91 bits per heavy atom. The van der Waals surface area contributed by atoms with Gasteiger partial charge >= 0.3 is 0 Å². The van der Waals surface area contributed by atoms with E-state index in [4.69, 9.17) is 4.74 Å². The number of aliphatic hydroxyl groups excluding tert-OH is 1. The second-order valence-corrected chi connectivity index (χ2v) is 7.12. The van der Waals surface area contributed by atoms with Gasteiger partial charge in [-0.3, -0.25) is 0 Å². The molecule has 2 aliphatic heterocycles. The van der Waals surface area contributed by atoms with Gasteiger partial charge in [0, 0.05) is 11.2 Å². The van der Waals surface area contributed by atoms with E-state index >= 15 is 0 Å². The highest BCUT2D eigenvalue weighted by Crippen LogP contribution is 2.56. The fourth-order valence-corrected chi connectivity index (χ4v) is 4.29. The van der Waals surface area contributed by atoms with Crippen LogP contribution in [0.25, 0.3) is 0 Å². The fraction of sp³-hybridized carbons (Fsp3) is 0.556. The molecule has 5 nitrogen and oxygen atoms in total. The Morgan fingerprint density at radius 1 is 1.30 bits per heavy atom. The van der Waals surface area contributed by atoms with E-state index in [-0.39, 0.29) is 5.54 Å². The van der Waals surface area contributed by atoms with Crippen molar-refractivity contribution in [3.63, 3.8) is 0 Å². The molecule has 1 N–H and O–H groups in total. The van der Waals surface area contributed by atoms with Crippen LogP contribution in [0.5, 0.6) is 5.75 Å². The first kappa shape index (κ1) is 15.6. The average Bonchev–Trinajstić information content (AvgIpc) is 2.80. The number of rotatable bonds is 2. The monoisotopic (exact) mass is 311 g/mol. The Labute approximate surface area is 136 Å². The third-order valence-corrected chi connectivity index (χ3v) is 5.19. The lowest BCUT2D eigenvalue weighted by molar-refractivity contribution is 0.113. The van der Waals surface area contributed by atoms with E-state index in [0.29, 0.717) is 11.7 Å². The average molecular weight is 311 g/mol. The van der Waals surface area contributed by atoms with Crippen molar-refractivity contribution in [2.24, 2.45) is 5.92 Å². The van der Waals surface area contributed by atoms with E-state index in [0.717, 1.165) is 23.2 Å². The molecular formula is C18H21N3O2. The summed E-state index contributed by atoms with van der Waals surface area (Å²) in [5.41, 5.74) is 2.70. The van der Waals surface area contributed by atoms with Crippen molar-refractivity contribution in [2.45, 2.75) is 50.8 Å². The molecule has 0 aromatic heterocycles. The smallest absolute Gasteiger partial charge is 0.144 e. The van der Waals surface area contributed by atoms with Gasteiger partial charge in [0.05, 0.1) is 25.2 Å². The number of anilines is 1. The van der Waals surface area contributed by atoms with E-state index in [1.807, 2.05) is 29.2 Å². The predicted octanol–water partition coefficient (Wildman–Crippen LogP) is 2.87. The van der Waals surface area contributed by atoms with Crippen molar-refractivity contribution in [3.05, 3.63) is 23.3 Å². The fourth-order valence-electron chi connectivity index (χ4n) is 4.29. The van der Waals surface area contributed by atoms with Crippen molar-refractivity contribution in [2.75, 3.05) is 12.0 Å². The molecule has 3 unspecified atom stereocenters. The lowest BCUT2D eigenvalue weighted by atomic mass is 9.80. The molecule has 2 heterocycles. The maximum absolute atomic E-state index is 10.9. The molecular weight excluding hydrogens is 290 g/mol. The van der Waals surface area contributed by atoms with Crippen LogP contribution in [0.2, 0.25) is 0 Å². The van der Waals surface area contributed by atoms with E-state index < -0.39 is 18.1 Å². The highest BCUT2D eigenvalue weighted by molar-refractivity contribution is 5.72. The zero-order valence-electron chi connectivity index (χ0n) is 13.9. The maximum atomic E-state index is 10.9. The number of ether oxygens (including phenoxy) is 1. The molecule has 0 fully saturated rings. The standard InChI is InChI=1S/C18H21N3O2/c1-10-7-18(2,3)21-16-13(10)5-12(23-4)6-14(16)15(17(21)22)11(8-19)9-20/h5-6,10-11,15,17,22H,7H2,1-4H3. The maximum Gasteiger partial charge on any atom is 0.144 e. The Hall–Kier alpha value is -2.24. The molecule has 0 saturated carbocycles. The van der Waals surface area contributed by atoms with Crippen LogP contribution in [0.1, 0.15) is 50.2 Å². The number of aliphatic hydroxyl groups is 1. The van der Waals surface area contributed by atoms with Crippen LogP contribution in [0, 0.1) is 28.6 Å². The minimum absolute atomic E-state index is 0.237. The lowest BCUT2D eigenvalue weighted by Crippen LogP contribution is -2.52. The molecule has 1 aromatic carbocycles. The van der Waals surface area contributed by atoms with E-state index in [1.165, 1.54) is 0 Å². The molecule has 23 heavy (non-hydrogen) atoms. The van der Waals surface area contributed by atoms with Crippen LogP contribution in [-0.2, 0) is 0 Å². The molecule has 3 rings (SSSR count). The Morgan fingerprint density at radius 3 is 2.48 bits per heavy atom. The molecule has 0 amide bonds. The summed E-state index contributed by atoms with van der Waals surface area (Å²) in [7, 11) is 1.61. The van der Waals surface area contributed by atoms with Gasteiger partial charge in [0.2, 0.25) is 0 Å². The van der Waals surface area contributed by atoms with Crippen molar-refractivity contribution < 1.29 is 9.84 Å². The van der Waals surface area contributed by atoms with Crippen LogP contribution in [0.15, 0.2) is 12.1 Å². The number of nitriles is 2. The summed E-state index contributed by atoms with van der Waals surface area (Å²) in [6.07, 6.45) is 0.0165. The molecule has 0 aliphatic carbocycles. The number of methoxy groups -OCH3 is 1. The van der Waals surface area contributed by atoms with Crippen LogP contribution in [-0.4, -0.2) is 24.0 Å². The van der Waals surface area contributed by atoms with Crippen molar-refractivity contribution in [1.29, 1.82) is 10.5 Å². The normalized spacial score (nSPS) is 27.3. The minimum atomic E-state index is -0.891. The topological polar surface area (TPSA) is 80.3 Å². The summed E-state index contributed by atoms with van der Waals surface area (Å²) in [5.74, 6) is -0.408. The number of hydrogen-bond donors (Lipinski definition) is 1. The van der Waals surface area contributed by atoms with Crippen LogP contribution < -0.4 is 9.64 Å². The van der Waals surface area contributed by atoms with Gasteiger partial charge in [-0.25, -0.2) is 0 Å². The largest absolute Gasteiger partial charge is 0.497 e. The highest BCUT2D eigenvalue weighted by Gasteiger charge is 2.51. The number of benzene rings is 1. The van der Waals surface area contributed by atoms with Gasteiger partial charge in [0.25, 0.3) is 0 Å². The second-order valence-electron chi connectivity index (χ2n) is 7.12. The third kappa shape index (κ3) is 2.08. The summed E-state index contributed by atoms with van der Waals surface area (Å²) < 4.78 is 5.41. The molecule has 0 saturated heterocycles. The molecule has 120 valence electrons. The highest BCUT2D eigenvalue weighted by atomic mass is 16.5. The van der Waals surface area contributed by atoms with E-state index in [2.05, 4.69) is 20.8 Å². The van der Waals surface area contributed by atoms with Gasteiger partial charge in [-0.2, -0.15) is 10.5 Å². The minimum Gasteiger partial charge on any atom is -0.497 e. The molecule has 1 aromatic rings. The SMILES string of the molecule is COc1cc2c3c(c1)C(C(C#N)C#N)C(O)N3C(C)(C)CC2C. The van der Waals surface area contributed by atoms with Crippen molar-refractivity contribution >= 4 is 5.69 Å². The second kappa shape index (κ2) is 5.15. The van der Waals surface area contributed by atoms with Crippen molar-refractivity contribution in [1.82, 2.24) is 0 Å². The van der Waals surface area contributed by atoms with Crippen molar-refractivity contribution in [3.8, 4) is 17.9 Å². The zero-order chi connectivity index (χ0) is 16.9. The van der Waals surface area contributed by atoms with Gasteiger partial charge in [0.15, 0.2) is 0 Å². The molecule has 0 bridgehead atoms. The summed E-state index contributed by atoms with van der Waals surface area (Å²) in [4.78, 5) is 1.99. The summed E-state index contributed by atoms with van der Waals surface area (Å²) in [6.45, 7) is 6.36. The van der Waals surface area contributed by atoms with Gasteiger partial charge < -0.3 is 14.7 Å². The third-order valence-electron chi connectivity index (χ3n) is 5.19. The Balaban J connectivity index is 2.29. The van der Waals surface area contributed by atoms with Gasteiger partial charge in [-0.15, -0.1) is 0 Å². The Kier molecular flexibility index (Phi) is 3.50. The van der Waals surface area contributed by atoms with Crippen LogP contribution in [0.4, 0.5) is 5.69 Å². The van der Waals surface area contributed by atoms with E-state index in [1.54, 1.807) is 7.11 Å². The summed E-state index contributed by atoms with van der Waals surface area (Å²) >= 11 is 0. The first-order chi connectivity index (χ1) is 10.9. The van der Waals surface area contributed by atoms with Gasteiger partial charge in [-0.1, -0.05) is 6.92 Å². The molecule has 5 heteroatoms. The Bertz CT molecular complexity index is 715.